The fraction of sp³-hybridized carbons (Fsp3) is 0.294. The van der Waals surface area contributed by atoms with Crippen LogP contribution in [0.15, 0.2) is 41.8 Å². The summed E-state index contributed by atoms with van der Waals surface area (Å²) in [6.45, 7) is 0. The number of nitrogens with one attached hydrogen (secondary N) is 1. The molecule has 1 saturated carbocycles. The number of rotatable bonds is 4. The number of carbonyl (C=O) groups excluding carboxylic acids is 1. The number of carbonyl (C=O) groups is 2. The molecule has 1 aliphatic carbocycles. The molecule has 2 N–H and O–H groups in total. The van der Waals surface area contributed by atoms with Gasteiger partial charge < -0.3 is 10.4 Å². The number of benzene rings is 1. The molecule has 22 heavy (non-hydrogen) atoms. The number of thiophene rings is 1. The minimum Gasteiger partial charge on any atom is -0.481 e. The van der Waals surface area contributed by atoms with E-state index in [0.717, 1.165) is 17.5 Å². The van der Waals surface area contributed by atoms with E-state index in [4.69, 9.17) is 5.11 Å². The Hall–Kier alpha value is -2.14. The van der Waals surface area contributed by atoms with Gasteiger partial charge in [-0.1, -0.05) is 30.3 Å². The van der Waals surface area contributed by atoms with Crippen molar-refractivity contribution in [3.8, 4) is 11.1 Å². The topological polar surface area (TPSA) is 66.4 Å². The molecular formula is C17H17NO3S. The molecular weight excluding hydrogens is 298 g/mol. The van der Waals surface area contributed by atoms with E-state index in [1.54, 1.807) is 0 Å². The molecule has 0 bridgehead atoms. The zero-order valence-corrected chi connectivity index (χ0v) is 12.8. The van der Waals surface area contributed by atoms with Crippen LogP contribution in [0.3, 0.4) is 0 Å². The van der Waals surface area contributed by atoms with Crippen molar-refractivity contribution in [1.29, 1.82) is 0 Å². The van der Waals surface area contributed by atoms with Gasteiger partial charge in [-0.25, -0.2) is 0 Å². The fourth-order valence-electron chi connectivity index (χ4n) is 2.92. The van der Waals surface area contributed by atoms with E-state index in [1.165, 1.54) is 11.3 Å². The Morgan fingerprint density at radius 1 is 1.14 bits per heavy atom. The van der Waals surface area contributed by atoms with Crippen LogP contribution < -0.4 is 5.32 Å². The molecule has 3 rings (SSSR count). The van der Waals surface area contributed by atoms with Gasteiger partial charge in [0.25, 0.3) is 5.91 Å². The highest BCUT2D eigenvalue weighted by molar-refractivity contribution is 7.12. The largest absolute Gasteiger partial charge is 0.481 e. The monoisotopic (exact) mass is 315 g/mol. The van der Waals surface area contributed by atoms with Gasteiger partial charge in [-0.15, -0.1) is 11.3 Å². The van der Waals surface area contributed by atoms with Crippen molar-refractivity contribution < 1.29 is 14.7 Å². The highest BCUT2D eigenvalue weighted by Gasteiger charge is 2.31. The Balaban J connectivity index is 1.72. The minimum atomic E-state index is -0.766. The Kier molecular flexibility index (Phi) is 4.24. The first-order valence-electron chi connectivity index (χ1n) is 7.31. The van der Waals surface area contributed by atoms with Crippen molar-refractivity contribution in [3.05, 3.63) is 46.7 Å². The van der Waals surface area contributed by atoms with Gasteiger partial charge in [-0.3, -0.25) is 9.59 Å². The van der Waals surface area contributed by atoms with Crippen molar-refractivity contribution in [1.82, 2.24) is 5.32 Å². The van der Waals surface area contributed by atoms with Crippen molar-refractivity contribution in [2.24, 2.45) is 5.92 Å². The van der Waals surface area contributed by atoms with Gasteiger partial charge in [0.2, 0.25) is 0 Å². The number of hydrogen-bond acceptors (Lipinski definition) is 3. The molecule has 114 valence electrons. The summed E-state index contributed by atoms with van der Waals surface area (Å²) in [5.74, 6) is -1.20. The molecule has 1 fully saturated rings. The van der Waals surface area contributed by atoms with Crippen LogP contribution in [0, 0.1) is 5.92 Å². The maximum absolute atomic E-state index is 12.5. The third kappa shape index (κ3) is 3.04. The molecule has 1 aliphatic rings. The smallest absolute Gasteiger partial charge is 0.306 e. The highest BCUT2D eigenvalue weighted by Crippen LogP contribution is 2.30. The van der Waals surface area contributed by atoms with Crippen LogP contribution in [0.25, 0.3) is 11.1 Å². The van der Waals surface area contributed by atoms with Gasteiger partial charge in [-0.05, 0) is 36.3 Å². The fourth-order valence-corrected chi connectivity index (χ4v) is 3.74. The lowest BCUT2D eigenvalue weighted by Gasteiger charge is -2.12. The van der Waals surface area contributed by atoms with E-state index < -0.39 is 5.97 Å². The van der Waals surface area contributed by atoms with Gasteiger partial charge in [0.15, 0.2) is 0 Å². The lowest BCUT2D eigenvalue weighted by atomic mass is 10.1. The van der Waals surface area contributed by atoms with Gasteiger partial charge >= 0.3 is 5.97 Å². The predicted molar refractivity (Wildman–Crippen MR) is 86.0 cm³/mol. The van der Waals surface area contributed by atoms with E-state index in [2.05, 4.69) is 5.32 Å². The van der Waals surface area contributed by atoms with E-state index in [1.807, 2.05) is 41.8 Å². The summed E-state index contributed by atoms with van der Waals surface area (Å²) in [5.41, 5.74) is 1.94. The van der Waals surface area contributed by atoms with Crippen LogP contribution in [-0.4, -0.2) is 23.0 Å². The standard InChI is InChI=1S/C17H17NO3S/c19-16(18-13-7-6-12(10-13)17(20)21)15-14(8-9-22-15)11-4-2-1-3-5-11/h1-5,8-9,12-13H,6-7,10H2,(H,18,19)(H,20,21)/t12-,13+/m0/s1. The van der Waals surface area contributed by atoms with Crippen LogP contribution in [0.5, 0.6) is 0 Å². The normalized spacial score (nSPS) is 20.7. The van der Waals surface area contributed by atoms with Crippen molar-refractivity contribution in [3.63, 3.8) is 0 Å². The Bertz CT molecular complexity index is 680. The maximum atomic E-state index is 12.5. The predicted octanol–water partition coefficient (Wildman–Crippen LogP) is 3.40. The summed E-state index contributed by atoms with van der Waals surface area (Å²) in [7, 11) is 0. The molecule has 0 saturated heterocycles. The molecule has 2 aromatic rings. The second-order valence-electron chi connectivity index (χ2n) is 5.55. The van der Waals surface area contributed by atoms with Crippen LogP contribution in [-0.2, 0) is 4.79 Å². The molecule has 1 heterocycles. The molecule has 0 spiro atoms. The summed E-state index contributed by atoms with van der Waals surface area (Å²) in [4.78, 5) is 24.2. The lowest BCUT2D eigenvalue weighted by molar-refractivity contribution is -0.141. The summed E-state index contributed by atoms with van der Waals surface area (Å²) in [5, 5.41) is 13.9. The zero-order chi connectivity index (χ0) is 15.5. The minimum absolute atomic E-state index is 0.0423. The summed E-state index contributed by atoms with van der Waals surface area (Å²) >= 11 is 1.41. The van der Waals surface area contributed by atoms with E-state index in [0.29, 0.717) is 17.7 Å². The van der Waals surface area contributed by atoms with Crippen molar-refractivity contribution in [2.75, 3.05) is 0 Å². The summed E-state index contributed by atoms with van der Waals surface area (Å²) in [6, 6.07) is 11.7. The number of amides is 1. The first-order chi connectivity index (χ1) is 10.6. The average Bonchev–Trinajstić information content (AvgIpc) is 3.17. The number of carboxylic acids is 1. The third-order valence-electron chi connectivity index (χ3n) is 4.07. The lowest BCUT2D eigenvalue weighted by Crippen LogP contribution is -2.33. The van der Waals surface area contributed by atoms with Crippen LogP contribution in [0.2, 0.25) is 0 Å². The zero-order valence-electron chi connectivity index (χ0n) is 12.0. The van der Waals surface area contributed by atoms with Gasteiger partial charge in [-0.2, -0.15) is 0 Å². The first-order valence-corrected chi connectivity index (χ1v) is 8.19. The second-order valence-corrected chi connectivity index (χ2v) is 6.46. The molecule has 4 nitrogen and oxygen atoms in total. The quantitative estimate of drug-likeness (QED) is 0.908. The second kappa shape index (κ2) is 6.32. The van der Waals surface area contributed by atoms with E-state index >= 15 is 0 Å². The van der Waals surface area contributed by atoms with E-state index in [-0.39, 0.29) is 17.9 Å². The van der Waals surface area contributed by atoms with Crippen LogP contribution in [0.1, 0.15) is 28.9 Å². The first kappa shape index (κ1) is 14.8. The molecule has 1 amide bonds. The van der Waals surface area contributed by atoms with Crippen LogP contribution in [0.4, 0.5) is 0 Å². The molecule has 5 heteroatoms. The van der Waals surface area contributed by atoms with Gasteiger partial charge in [0.05, 0.1) is 10.8 Å². The molecule has 0 radical (unpaired) electrons. The highest BCUT2D eigenvalue weighted by atomic mass is 32.1. The number of hydrogen-bond donors (Lipinski definition) is 2. The molecule has 2 atom stereocenters. The molecule has 1 aromatic heterocycles. The Labute approximate surface area is 132 Å². The summed E-state index contributed by atoms with van der Waals surface area (Å²) < 4.78 is 0. The summed E-state index contributed by atoms with van der Waals surface area (Å²) in [6.07, 6.45) is 1.89. The van der Waals surface area contributed by atoms with Gasteiger partial charge in [0, 0.05) is 11.6 Å². The maximum Gasteiger partial charge on any atom is 0.306 e. The molecule has 1 aromatic carbocycles. The number of carboxylic acid groups (broad SMARTS) is 1. The average molecular weight is 315 g/mol. The van der Waals surface area contributed by atoms with E-state index in [9.17, 15) is 9.59 Å². The molecule has 0 unspecified atom stereocenters. The Morgan fingerprint density at radius 3 is 2.59 bits per heavy atom. The molecule has 0 aliphatic heterocycles. The van der Waals surface area contributed by atoms with Crippen molar-refractivity contribution in [2.45, 2.75) is 25.3 Å². The number of aliphatic carboxylic acids is 1. The Morgan fingerprint density at radius 2 is 1.91 bits per heavy atom. The third-order valence-corrected chi connectivity index (χ3v) is 4.99. The van der Waals surface area contributed by atoms with Crippen LogP contribution >= 0.6 is 11.3 Å². The SMILES string of the molecule is O=C(N[C@@H]1CC[C@H](C(=O)O)C1)c1sccc1-c1ccccc1. The van der Waals surface area contributed by atoms with Gasteiger partial charge in [0.1, 0.15) is 0 Å². The van der Waals surface area contributed by atoms with Crippen molar-refractivity contribution >= 4 is 23.2 Å².